The monoisotopic (exact) mass is 384 g/mol. The molecular weight excluding hydrogens is 368 g/mol. The molecule has 0 unspecified atom stereocenters. The lowest BCUT2D eigenvalue weighted by atomic mass is 10.2. The number of thiazole rings is 1. The lowest BCUT2D eigenvalue weighted by Crippen LogP contribution is -2.12. The van der Waals surface area contributed by atoms with Crippen molar-refractivity contribution in [1.29, 1.82) is 0 Å². The van der Waals surface area contributed by atoms with Crippen LogP contribution in [0, 0.1) is 0 Å². The van der Waals surface area contributed by atoms with Gasteiger partial charge in [0, 0.05) is 17.1 Å². The van der Waals surface area contributed by atoms with Crippen molar-refractivity contribution in [2.75, 3.05) is 11.9 Å². The van der Waals surface area contributed by atoms with Crippen LogP contribution in [0.15, 0.2) is 53.2 Å². The van der Waals surface area contributed by atoms with Crippen LogP contribution >= 0.6 is 22.7 Å². The molecule has 5 nitrogen and oxygen atoms in total. The topological polar surface area (TPSA) is 68.3 Å². The minimum atomic E-state index is -0.380. The number of hydrogen-bond acceptors (Lipinski definition) is 6. The van der Waals surface area contributed by atoms with E-state index in [1.54, 1.807) is 41.8 Å². The molecule has 0 saturated heterocycles. The molecule has 0 aliphatic heterocycles. The summed E-state index contributed by atoms with van der Waals surface area (Å²) in [6.45, 7) is 2.11. The third-order valence-electron chi connectivity index (χ3n) is 3.34. The second-order valence-electron chi connectivity index (χ2n) is 5.18. The van der Waals surface area contributed by atoms with Gasteiger partial charge >= 0.3 is 5.97 Å². The van der Waals surface area contributed by atoms with Crippen LogP contribution in [0.4, 0.5) is 5.69 Å². The van der Waals surface area contributed by atoms with Crippen LogP contribution in [0.3, 0.4) is 0 Å². The summed E-state index contributed by atoms with van der Waals surface area (Å²) in [5, 5.41) is 7.39. The van der Waals surface area contributed by atoms with Crippen molar-refractivity contribution in [2.45, 2.75) is 6.92 Å². The average Bonchev–Trinajstić information content (AvgIpc) is 3.32. The Morgan fingerprint density at radius 2 is 2.00 bits per heavy atom. The first kappa shape index (κ1) is 18.0. The Kier molecular flexibility index (Phi) is 5.93. The van der Waals surface area contributed by atoms with E-state index in [2.05, 4.69) is 10.3 Å². The van der Waals surface area contributed by atoms with Crippen LogP contribution in [0.1, 0.15) is 23.0 Å². The number of anilines is 1. The highest BCUT2D eigenvalue weighted by atomic mass is 32.1. The van der Waals surface area contributed by atoms with E-state index in [1.165, 1.54) is 17.4 Å². The Bertz CT molecular complexity index is 913. The van der Waals surface area contributed by atoms with E-state index < -0.39 is 0 Å². The maximum atomic E-state index is 12.3. The Morgan fingerprint density at radius 3 is 2.69 bits per heavy atom. The van der Waals surface area contributed by atoms with Crippen LogP contribution in [0.25, 0.3) is 16.0 Å². The first-order chi connectivity index (χ1) is 12.7. The van der Waals surface area contributed by atoms with Crippen LogP contribution in [0.5, 0.6) is 0 Å². The minimum absolute atomic E-state index is 0.251. The van der Waals surface area contributed by atoms with Gasteiger partial charge in [-0.05, 0) is 42.1 Å². The molecule has 1 aromatic carbocycles. The summed E-state index contributed by atoms with van der Waals surface area (Å²) >= 11 is 3.04. The third kappa shape index (κ3) is 4.65. The first-order valence-electron chi connectivity index (χ1n) is 7.91. The molecule has 3 rings (SSSR count). The molecule has 132 valence electrons. The lowest BCUT2D eigenvalue weighted by Gasteiger charge is -2.03. The SMILES string of the molecule is CCOC(=O)/C=C/c1ccc(NC(=O)c2csc(-c3cccs3)n2)cc1. The number of amides is 1. The van der Waals surface area contributed by atoms with E-state index in [4.69, 9.17) is 4.74 Å². The van der Waals surface area contributed by atoms with Gasteiger partial charge in [-0.25, -0.2) is 9.78 Å². The van der Waals surface area contributed by atoms with Gasteiger partial charge < -0.3 is 10.1 Å². The van der Waals surface area contributed by atoms with Crippen LogP contribution < -0.4 is 5.32 Å². The summed E-state index contributed by atoms with van der Waals surface area (Å²) in [6, 6.07) is 11.1. The van der Waals surface area contributed by atoms with Crippen LogP contribution in [0.2, 0.25) is 0 Å². The second kappa shape index (κ2) is 8.55. The van der Waals surface area contributed by atoms with Gasteiger partial charge in [-0.3, -0.25) is 4.79 Å². The molecular formula is C19H16N2O3S2. The number of ether oxygens (including phenoxy) is 1. The van der Waals surface area contributed by atoms with Gasteiger partial charge in [-0.2, -0.15) is 0 Å². The predicted octanol–water partition coefficient (Wildman–Crippen LogP) is 4.70. The highest BCUT2D eigenvalue weighted by Crippen LogP contribution is 2.28. The fourth-order valence-electron chi connectivity index (χ4n) is 2.12. The Labute approximate surface area is 159 Å². The molecule has 0 saturated carbocycles. The number of hydrogen-bond donors (Lipinski definition) is 1. The average molecular weight is 384 g/mol. The molecule has 0 aliphatic rings. The summed E-state index contributed by atoms with van der Waals surface area (Å²) in [4.78, 5) is 29.1. The Hall–Kier alpha value is -2.77. The molecule has 1 amide bonds. The Morgan fingerprint density at radius 1 is 1.19 bits per heavy atom. The quantitative estimate of drug-likeness (QED) is 0.494. The standard InChI is InChI=1S/C19H16N2O3S2/c1-2-24-17(22)10-7-13-5-8-14(9-6-13)20-18(23)15-12-26-19(21-15)16-4-3-11-25-16/h3-12H,2H2,1H3,(H,20,23)/b10-7+. The van der Waals surface area contributed by atoms with Crippen molar-refractivity contribution >= 4 is 46.3 Å². The number of esters is 1. The maximum Gasteiger partial charge on any atom is 0.330 e. The van der Waals surface area contributed by atoms with Crippen LogP contribution in [-0.2, 0) is 9.53 Å². The Balaban J connectivity index is 1.62. The van der Waals surface area contributed by atoms with E-state index in [-0.39, 0.29) is 11.9 Å². The summed E-state index contributed by atoms with van der Waals surface area (Å²) in [7, 11) is 0. The fraction of sp³-hybridized carbons (Fsp3) is 0.105. The number of nitrogens with zero attached hydrogens (tertiary/aromatic N) is 1. The zero-order valence-corrected chi connectivity index (χ0v) is 15.6. The zero-order chi connectivity index (χ0) is 18.4. The van der Waals surface area contributed by atoms with Gasteiger partial charge in [0.1, 0.15) is 10.7 Å². The maximum absolute atomic E-state index is 12.3. The minimum Gasteiger partial charge on any atom is -0.463 e. The van der Waals surface area contributed by atoms with Gasteiger partial charge in [-0.1, -0.05) is 18.2 Å². The number of carbonyl (C=O) groups excluding carboxylic acids is 2. The molecule has 0 bridgehead atoms. The highest BCUT2D eigenvalue weighted by molar-refractivity contribution is 7.20. The van der Waals surface area contributed by atoms with E-state index in [1.807, 2.05) is 29.6 Å². The van der Waals surface area contributed by atoms with E-state index in [0.29, 0.717) is 18.0 Å². The lowest BCUT2D eigenvalue weighted by molar-refractivity contribution is -0.137. The molecule has 2 aromatic heterocycles. The van der Waals surface area contributed by atoms with Gasteiger partial charge in [0.05, 0.1) is 11.5 Å². The molecule has 0 atom stereocenters. The predicted molar refractivity (Wildman–Crippen MR) is 105 cm³/mol. The zero-order valence-electron chi connectivity index (χ0n) is 14.0. The van der Waals surface area contributed by atoms with Gasteiger partial charge in [0.2, 0.25) is 0 Å². The van der Waals surface area contributed by atoms with Crippen molar-refractivity contribution in [3.05, 3.63) is 64.5 Å². The van der Waals surface area contributed by atoms with Crippen LogP contribution in [-0.4, -0.2) is 23.5 Å². The second-order valence-corrected chi connectivity index (χ2v) is 6.98. The molecule has 2 heterocycles. The van der Waals surface area contributed by atoms with E-state index in [0.717, 1.165) is 15.4 Å². The summed E-state index contributed by atoms with van der Waals surface area (Å²) in [5.41, 5.74) is 1.89. The largest absolute Gasteiger partial charge is 0.463 e. The number of nitrogens with one attached hydrogen (secondary N) is 1. The smallest absolute Gasteiger partial charge is 0.330 e. The summed E-state index contributed by atoms with van der Waals surface area (Å²) in [6.07, 6.45) is 3.04. The van der Waals surface area contributed by atoms with Crippen molar-refractivity contribution in [3.8, 4) is 9.88 Å². The summed E-state index contributed by atoms with van der Waals surface area (Å²) < 4.78 is 4.83. The van der Waals surface area contributed by atoms with Gasteiger partial charge in [0.15, 0.2) is 0 Å². The highest BCUT2D eigenvalue weighted by Gasteiger charge is 2.12. The van der Waals surface area contributed by atoms with Gasteiger partial charge in [-0.15, -0.1) is 22.7 Å². The van der Waals surface area contributed by atoms with Gasteiger partial charge in [0.25, 0.3) is 5.91 Å². The number of thiophene rings is 1. The van der Waals surface area contributed by atoms with Crippen molar-refractivity contribution in [3.63, 3.8) is 0 Å². The molecule has 3 aromatic rings. The number of aromatic nitrogens is 1. The van der Waals surface area contributed by atoms with Crippen molar-refractivity contribution in [2.24, 2.45) is 0 Å². The molecule has 0 radical (unpaired) electrons. The van der Waals surface area contributed by atoms with E-state index >= 15 is 0 Å². The first-order valence-corrected chi connectivity index (χ1v) is 9.67. The van der Waals surface area contributed by atoms with Crippen molar-refractivity contribution in [1.82, 2.24) is 4.98 Å². The number of carbonyl (C=O) groups is 2. The van der Waals surface area contributed by atoms with Crippen molar-refractivity contribution < 1.29 is 14.3 Å². The molecule has 7 heteroatoms. The number of rotatable bonds is 6. The fourth-order valence-corrected chi connectivity index (χ4v) is 3.73. The summed E-state index contributed by atoms with van der Waals surface area (Å²) in [5.74, 6) is -0.631. The number of benzene rings is 1. The molecule has 0 aliphatic carbocycles. The molecule has 0 fully saturated rings. The third-order valence-corrected chi connectivity index (χ3v) is 5.22. The van der Waals surface area contributed by atoms with E-state index in [9.17, 15) is 9.59 Å². The normalized spacial score (nSPS) is 10.8. The molecule has 1 N–H and O–H groups in total. The molecule has 26 heavy (non-hydrogen) atoms. The molecule has 0 spiro atoms.